The van der Waals surface area contributed by atoms with Gasteiger partial charge in [-0.3, -0.25) is 4.79 Å². The molecule has 1 aromatic carbocycles. The highest BCUT2D eigenvalue weighted by molar-refractivity contribution is 7.19. The van der Waals surface area contributed by atoms with Gasteiger partial charge in [-0.05, 0) is 17.5 Å². The van der Waals surface area contributed by atoms with E-state index in [1.165, 1.54) is 10.1 Å². The Balaban J connectivity index is 1.62. The number of amides is 3. The van der Waals surface area contributed by atoms with Crippen molar-refractivity contribution in [3.05, 3.63) is 35.2 Å². The highest BCUT2D eigenvalue weighted by atomic mass is 32.1. The number of likely N-dealkylation sites (N-methyl/N-ethyl adjacent to an activating group) is 2. The minimum Gasteiger partial charge on any atom is -0.339 e. The molecule has 1 aromatic heterocycles. The van der Waals surface area contributed by atoms with Crippen molar-refractivity contribution in [2.24, 2.45) is 0 Å². The Morgan fingerprint density at radius 3 is 2.77 bits per heavy atom. The van der Waals surface area contributed by atoms with Crippen molar-refractivity contribution < 1.29 is 9.59 Å². The fraction of sp³-hybridized carbons (Fsp3) is 0.375. The molecule has 0 spiro atoms. The van der Waals surface area contributed by atoms with Gasteiger partial charge in [0, 0.05) is 36.8 Å². The van der Waals surface area contributed by atoms with Crippen LogP contribution in [0.1, 0.15) is 4.88 Å². The van der Waals surface area contributed by atoms with Gasteiger partial charge >= 0.3 is 6.03 Å². The molecule has 3 rings (SSSR count). The van der Waals surface area contributed by atoms with Crippen LogP contribution >= 0.6 is 11.3 Å². The van der Waals surface area contributed by atoms with E-state index < -0.39 is 0 Å². The molecule has 0 N–H and O–H groups in total. The van der Waals surface area contributed by atoms with Crippen LogP contribution in [-0.4, -0.2) is 60.4 Å². The summed E-state index contributed by atoms with van der Waals surface area (Å²) in [4.78, 5) is 30.2. The zero-order valence-corrected chi connectivity index (χ0v) is 13.6. The molecular formula is C16H19N3O2S. The van der Waals surface area contributed by atoms with Crippen LogP contribution in [0, 0.1) is 0 Å². The highest BCUT2D eigenvalue weighted by Gasteiger charge is 2.27. The quantitative estimate of drug-likeness (QED) is 0.868. The lowest BCUT2D eigenvalue weighted by atomic mass is 10.2. The molecule has 1 fully saturated rings. The summed E-state index contributed by atoms with van der Waals surface area (Å²) in [5.41, 5.74) is 0. The van der Waals surface area contributed by atoms with E-state index in [0.717, 1.165) is 4.88 Å². The molecule has 5 nitrogen and oxygen atoms in total. The number of fused-ring (bicyclic) bond motifs is 1. The van der Waals surface area contributed by atoms with Gasteiger partial charge in [0.25, 0.3) is 0 Å². The maximum Gasteiger partial charge on any atom is 0.320 e. The van der Waals surface area contributed by atoms with Gasteiger partial charge in [-0.2, -0.15) is 0 Å². The van der Waals surface area contributed by atoms with Crippen LogP contribution in [0.5, 0.6) is 0 Å². The average Bonchev–Trinajstić information content (AvgIpc) is 3.04. The molecule has 2 heterocycles. The Bertz CT molecular complexity index is 679. The second-order valence-electron chi connectivity index (χ2n) is 5.63. The lowest BCUT2D eigenvalue weighted by molar-refractivity contribution is -0.130. The molecule has 22 heavy (non-hydrogen) atoms. The SMILES string of the molecule is CN(Cc1cc2ccccc2s1)C(=O)CN1CCN(C)C1=O. The van der Waals surface area contributed by atoms with Gasteiger partial charge in [0.15, 0.2) is 0 Å². The molecule has 0 atom stereocenters. The Kier molecular flexibility index (Phi) is 4.02. The zero-order valence-electron chi connectivity index (χ0n) is 12.8. The smallest absolute Gasteiger partial charge is 0.320 e. The first-order valence-electron chi connectivity index (χ1n) is 7.26. The molecule has 6 heteroatoms. The molecule has 0 aliphatic carbocycles. The number of nitrogens with zero attached hydrogens (tertiary/aromatic N) is 3. The van der Waals surface area contributed by atoms with E-state index in [1.54, 1.807) is 40.1 Å². The number of carbonyl (C=O) groups excluding carboxylic acids is 2. The number of rotatable bonds is 4. The van der Waals surface area contributed by atoms with Crippen molar-refractivity contribution in [3.8, 4) is 0 Å². The predicted molar refractivity (Wildman–Crippen MR) is 87.9 cm³/mol. The average molecular weight is 317 g/mol. The third-order valence-electron chi connectivity index (χ3n) is 3.92. The van der Waals surface area contributed by atoms with Crippen LogP contribution in [0.2, 0.25) is 0 Å². The molecule has 2 aromatic rings. The molecule has 116 valence electrons. The number of carbonyl (C=O) groups is 2. The standard InChI is InChI=1S/C16H19N3O2S/c1-17-7-8-19(16(17)21)11-15(20)18(2)10-13-9-12-5-3-4-6-14(12)22-13/h3-6,9H,7-8,10-11H2,1-2H3. The first-order valence-corrected chi connectivity index (χ1v) is 8.07. The van der Waals surface area contributed by atoms with Crippen LogP contribution in [0.4, 0.5) is 4.79 Å². The van der Waals surface area contributed by atoms with Gasteiger partial charge in [0.1, 0.15) is 6.54 Å². The lowest BCUT2D eigenvalue weighted by Crippen LogP contribution is -2.39. The van der Waals surface area contributed by atoms with E-state index in [4.69, 9.17) is 0 Å². The van der Waals surface area contributed by atoms with Gasteiger partial charge < -0.3 is 14.7 Å². The molecular weight excluding hydrogens is 298 g/mol. The van der Waals surface area contributed by atoms with Gasteiger partial charge in [-0.15, -0.1) is 11.3 Å². The third kappa shape index (κ3) is 2.92. The number of hydrogen-bond donors (Lipinski definition) is 0. The summed E-state index contributed by atoms with van der Waals surface area (Å²) < 4.78 is 1.23. The predicted octanol–water partition coefficient (Wildman–Crippen LogP) is 2.23. The summed E-state index contributed by atoms with van der Waals surface area (Å²) in [7, 11) is 3.55. The van der Waals surface area contributed by atoms with Crippen molar-refractivity contribution in [2.75, 3.05) is 33.7 Å². The number of urea groups is 1. The number of thiophene rings is 1. The largest absolute Gasteiger partial charge is 0.339 e. The normalized spacial score (nSPS) is 14.9. The highest BCUT2D eigenvalue weighted by Crippen LogP contribution is 2.26. The minimum absolute atomic E-state index is 0.0268. The van der Waals surface area contributed by atoms with Crippen LogP contribution in [0.25, 0.3) is 10.1 Å². The summed E-state index contributed by atoms with van der Waals surface area (Å²) in [5, 5.41) is 1.21. The van der Waals surface area contributed by atoms with Crippen molar-refractivity contribution in [1.29, 1.82) is 0 Å². The van der Waals surface area contributed by atoms with E-state index >= 15 is 0 Å². The number of benzene rings is 1. The molecule has 0 saturated carbocycles. The lowest BCUT2D eigenvalue weighted by Gasteiger charge is -2.21. The maximum atomic E-state index is 12.3. The first kappa shape index (κ1) is 14.8. The molecule has 1 aliphatic rings. The summed E-state index contributed by atoms with van der Waals surface area (Å²) in [5.74, 6) is -0.0268. The van der Waals surface area contributed by atoms with Crippen LogP contribution < -0.4 is 0 Å². The molecule has 0 unspecified atom stereocenters. The van der Waals surface area contributed by atoms with Crippen LogP contribution in [-0.2, 0) is 11.3 Å². The molecule has 0 radical (unpaired) electrons. The fourth-order valence-corrected chi connectivity index (χ4v) is 3.69. The second kappa shape index (κ2) is 5.96. The zero-order chi connectivity index (χ0) is 15.7. The fourth-order valence-electron chi connectivity index (χ4n) is 2.57. The van der Waals surface area contributed by atoms with Crippen LogP contribution in [0.15, 0.2) is 30.3 Å². The Hall–Kier alpha value is -2.08. The van der Waals surface area contributed by atoms with Crippen LogP contribution in [0.3, 0.4) is 0 Å². The molecule has 0 bridgehead atoms. The Morgan fingerprint density at radius 1 is 1.32 bits per heavy atom. The topological polar surface area (TPSA) is 43.9 Å². The molecule has 1 aliphatic heterocycles. The van der Waals surface area contributed by atoms with E-state index in [2.05, 4.69) is 18.2 Å². The van der Waals surface area contributed by atoms with Crippen molar-refractivity contribution in [3.63, 3.8) is 0 Å². The summed E-state index contributed by atoms with van der Waals surface area (Å²) in [6.45, 7) is 2.05. The van der Waals surface area contributed by atoms with Gasteiger partial charge in [-0.1, -0.05) is 18.2 Å². The van der Waals surface area contributed by atoms with Gasteiger partial charge in [-0.25, -0.2) is 4.79 Å². The van der Waals surface area contributed by atoms with E-state index in [9.17, 15) is 9.59 Å². The van der Waals surface area contributed by atoms with E-state index in [0.29, 0.717) is 19.6 Å². The monoisotopic (exact) mass is 317 g/mol. The van der Waals surface area contributed by atoms with Crippen molar-refractivity contribution in [1.82, 2.24) is 14.7 Å². The Labute approximate surface area is 133 Å². The van der Waals surface area contributed by atoms with E-state index in [-0.39, 0.29) is 18.5 Å². The van der Waals surface area contributed by atoms with Crippen molar-refractivity contribution in [2.45, 2.75) is 6.54 Å². The molecule has 3 amide bonds. The third-order valence-corrected chi connectivity index (χ3v) is 5.02. The van der Waals surface area contributed by atoms with Gasteiger partial charge in [0.2, 0.25) is 5.91 Å². The molecule has 1 saturated heterocycles. The number of hydrogen-bond acceptors (Lipinski definition) is 3. The van der Waals surface area contributed by atoms with Gasteiger partial charge in [0.05, 0.1) is 6.54 Å². The summed E-state index contributed by atoms with van der Waals surface area (Å²) in [6.07, 6.45) is 0. The first-order chi connectivity index (χ1) is 10.5. The van der Waals surface area contributed by atoms with Crippen molar-refractivity contribution >= 4 is 33.4 Å². The summed E-state index contributed by atoms with van der Waals surface area (Å²) in [6, 6.07) is 10.3. The second-order valence-corrected chi connectivity index (χ2v) is 6.79. The Morgan fingerprint density at radius 2 is 2.09 bits per heavy atom. The van der Waals surface area contributed by atoms with E-state index in [1.807, 2.05) is 12.1 Å². The minimum atomic E-state index is -0.0661. The maximum absolute atomic E-state index is 12.3. The summed E-state index contributed by atoms with van der Waals surface area (Å²) >= 11 is 1.70.